The summed E-state index contributed by atoms with van der Waals surface area (Å²) in [5.74, 6) is -1.97. The summed E-state index contributed by atoms with van der Waals surface area (Å²) in [5.41, 5.74) is 4.05. The van der Waals surface area contributed by atoms with Crippen molar-refractivity contribution in [2.45, 2.75) is 19.8 Å². The van der Waals surface area contributed by atoms with Crippen LogP contribution in [0.2, 0.25) is 0 Å². The van der Waals surface area contributed by atoms with Crippen LogP contribution >= 0.6 is 0 Å². The maximum atomic E-state index is 13.9. The monoisotopic (exact) mass is 409 g/mol. The van der Waals surface area contributed by atoms with Crippen LogP contribution in [0, 0.1) is 11.6 Å². The first-order chi connectivity index (χ1) is 14.4. The molecule has 0 N–H and O–H groups in total. The third kappa shape index (κ3) is 3.98. The molecule has 8 heteroatoms. The largest absolute Gasteiger partial charge is 0.334 e. The van der Waals surface area contributed by atoms with Crippen LogP contribution in [0.3, 0.4) is 0 Å². The lowest BCUT2D eigenvalue weighted by atomic mass is 9.93. The fourth-order valence-corrected chi connectivity index (χ4v) is 3.59. The third-order valence-corrected chi connectivity index (χ3v) is 5.32. The molecule has 0 radical (unpaired) electrons. The Morgan fingerprint density at radius 3 is 2.60 bits per heavy atom. The van der Waals surface area contributed by atoms with Crippen LogP contribution in [0.5, 0.6) is 0 Å². The van der Waals surface area contributed by atoms with Crippen molar-refractivity contribution in [2.24, 2.45) is 7.05 Å². The van der Waals surface area contributed by atoms with E-state index < -0.39 is 17.4 Å². The molecular formula is C22H21F2N5O. The third-order valence-electron chi connectivity index (χ3n) is 5.32. The zero-order valence-corrected chi connectivity index (χ0v) is 16.8. The van der Waals surface area contributed by atoms with Crippen molar-refractivity contribution in [3.8, 4) is 0 Å². The fourth-order valence-electron chi connectivity index (χ4n) is 3.59. The van der Waals surface area contributed by atoms with Gasteiger partial charge in [-0.3, -0.25) is 4.79 Å². The lowest BCUT2D eigenvalue weighted by Crippen LogP contribution is -2.31. The number of anilines is 1. The Bertz CT molecular complexity index is 1120. The highest BCUT2D eigenvalue weighted by Gasteiger charge is 2.21. The average molecular weight is 409 g/mol. The van der Waals surface area contributed by atoms with Gasteiger partial charge in [0.1, 0.15) is 0 Å². The van der Waals surface area contributed by atoms with Crippen molar-refractivity contribution < 1.29 is 13.6 Å². The molecule has 0 aliphatic carbocycles. The molecule has 0 saturated heterocycles. The Kier molecular flexibility index (Phi) is 5.39. The predicted octanol–water partition coefficient (Wildman–Crippen LogP) is 3.60. The van der Waals surface area contributed by atoms with Gasteiger partial charge in [0.05, 0.1) is 12.6 Å². The number of carbonyl (C=O) groups excluding carboxylic acids is 1. The number of ketones is 1. The van der Waals surface area contributed by atoms with Crippen LogP contribution in [-0.4, -0.2) is 39.1 Å². The van der Waals surface area contributed by atoms with Gasteiger partial charge < -0.3 is 4.90 Å². The first-order valence-electron chi connectivity index (χ1n) is 9.66. The SMILES string of the molecule is CC1=C(c2ccc(CC(=O)c3cccc(F)c3F)cc2)CN(c2nnn(C)n2)CC1. The van der Waals surface area contributed by atoms with Crippen LogP contribution < -0.4 is 4.90 Å². The molecule has 2 aromatic carbocycles. The number of tetrazole rings is 1. The first-order valence-corrected chi connectivity index (χ1v) is 9.66. The molecule has 4 rings (SSSR count). The number of Topliss-reactive ketones (excluding diaryl/α,β-unsaturated/α-hetero) is 1. The number of benzene rings is 2. The molecule has 0 unspecified atom stereocenters. The van der Waals surface area contributed by atoms with E-state index in [1.165, 1.54) is 28.1 Å². The zero-order chi connectivity index (χ0) is 21.3. The minimum atomic E-state index is -1.10. The van der Waals surface area contributed by atoms with E-state index in [0.29, 0.717) is 12.5 Å². The van der Waals surface area contributed by atoms with Gasteiger partial charge in [0.2, 0.25) is 0 Å². The van der Waals surface area contributed by atoms with E-state index in [0.717, 1.165) is 30.2 Å². The van der Waals surface area contributed by atoms with E-state index in [9.17, 15) is 13.6 Å². The summed E-state index contributed by atoms with van der Waals surface area (Å²) in [6.45, 7) is 3.61. The standard InChI is InChI=1S/C22H21F2N5O/c1-14-10-11-29(22-25-27-28(2)26-22)13-18(14)16-8-6-15(7-9-16)12-20(30)17-4-3-5-19(23)21(17)24/h3-9H,10-13H2,1-2H3. The molecule has 1 aromatic heterocycles. The number of carbonyl (C=O) groups is 1. The number of aryl methyl sites for hydroxylation is 1. The van der Waals surface area contributed by atoms with Gasteiger partial charge in [-0.25, -0.2) is 8.78 Å². The summed E-state index contributed by atoms with van der Waals surface area (Å²) in [7, 11) is 1.73. The molecule has 0 saturated carbocycles. The molecule has 2 heterocycles. The van der Waals surface area contributed by atoms with Crippen molar-refractivity contribution >= 4 is 17.3 Å². The number of halogens is 2. The molecule has 1 aliphatic rings. The number of hydrogen-bond donors (Lipinski definition) is 0. The molecule has 3 aromatic rings. The fraction of sp³-hybridized carbons (Fsp3) is 0.273. The molecule has 0 spiro atoms. The Hall–Kier alpha value is -3.42. The highest BCUT2D eigenvalue weighted by Crippen LogP contribution is 2.28. The second kappa shape index (κ2) is 8.14. The van der Waals surface area contributed by atoms with Gasteiger partial charge in [-0.05, 0) is 47.4 Å². The van der Waals surface area contributed by atoms with Crippen LogP contribution in [0.25, 0.3) is 5.57 Å². The topological polar surface area (TPSA) is 63.9 Å². The van der Waals surface area contributed by atoms with Gasteiger partial charge in [-0.1, -0.05) is 41.0 Å². The molecule has 154 valence electrons. The van der Waals surface area contributed by atoms with Crippen LogP contribution in [-0.2, 0) is 13.5 Å². The van der Waals surface area contributed by atoms with Gasteiger partial charge >= 0.3 is 0 Å². The minimum absolute atomic E-state index is 0.00827. The summed E-state index contributed by atoms with van der Waals surface area (Å²) in [4.78, 5) is 15.9. The second-order valence-electron chi connectivity index (χ2n) is 7.41. The van der Waals surface area contributed by atoms with Crippen molar-refractivity contribution in [1.82, 2.24) is 20.2 Å². The molecular weight excluding hydrogens is 388 g/mol. The van der Waals surface area contributed by atoms with Crippen molar-refractivity contribution in [3.05, 3.63) is 76.4 Å². The molecule has 0 fully saturated rings. The number of rotatable bonds is 5. The Labute approximate surface area is 172 Å². The van der Waals surface area contributed by atoms with Gasteiger partial charge in [-0.15, -0.1) is 5.10 Å². The van der Waals surface area contributed by atoms with E-state index in [1.54, 1.807) is 7.05 Å². The number of aromatic nitrogens is 4. The van der Waals surface area contributed by atoms with E-state index >= 15 is 0 Å². The molecule has 0 amide bonds. The second-order valence-corrected chi connectivity index (χ2v) is 7.41. The van der Waals surface area contributed by atoms with Gasteiger partial charge in [-0.2, -0.15) is 4.80 Å². The molecule has 0 bridgehead atoms. The molecule has 1 aliphatic heterocycles. The van der Waals surface area contributed by atoms with E-state index in [-0.39, 0.29) is 12.0 Å². The highest BCUT2D eigenvalue weighted by molar-refractivity contribution is 5.97. The normalized spacial score (nSPS) is 14.3. The Morgan fingerprint density at radius 2 is 1.90 bits per heavy atom. The van der Waals surface area contributed by atoms with Gasteiger partial charge in [0, 0.05) is 19.5 Å². The van der Waals surface area contributed by atoms with Crippen molar-refractivity contribution in [2.75, 3.05) is 18.0 Å². The zero-order valence-electron chi connectivity index (χ0n) is 16.8. The molecule has 0 atom stereocenters. The lowest BCUT2D eigenvalue weighted by Gasteiger charge is -2.29. The Morgan fingerprint density at radius 1 is 1.13 bits per heavy atom. The quantitative estimate of drug-likeness (QED) is 0.603. The van der Waals surface area contributed by atoms with E-state index in [1.807, 2.05) is 24.3 Å². The maximum Gasteiger partial charge on any atom is 0.266 e. The minimum Gasteiger partial charge on any atom is -0.334 e. The van der Waals surface area contributed by atoms with E-state index in [4.69, 9.17) is 0 Å². The molecule has 30 heavy (non-hydrogen) atoms. The summed E-state index contributed by atoms with van der Waals surface area (Å²) >= 11 is 0. The van der Waals surface area contributed by atoms with E-state index in [2.05, 4.69) is 27.2 Å². The number of nitrogens with zero attached hydrogens (tertiary/aromatic N) is 5. The van der Waals surface area contributed by atoms with Gasteiger partial charge in [0.25, 0.3) is 5.95 Å². The van der Waals surface area contributed by atoms with Crippen LogP contribution in [0.15, 0.2) is 48.0 Å². The van der Waals surface area contributed by atoms with Crippen molar-refractivity contribution in [1.29, 1.82) is 0 Å². The van der Waals surface area contributed by atoms with Gasteiger partial charge in [0.15, 0.2) is 17.4 Å². The van der Waals surface area contributed by atoms with Crippen LogP contribution in [0.1, 0.15) is 34.8 Å². The summed E-state index contributed by atoms with van der Waals surface area (Å²) < 4.78 is 27.2. The first kappa shape index (κ1) is 19.9. The summed E-state index contributed by atoms with van der Waals surface area (Å²) in [6.07, 6.45) is 0.904. The number of hydrogen-bond acceptors (Lipinski definition) is 5. The molecule has 6 nitrogen and oxygen atoms in total. The predicted molar refractivity (Wildman–Crippen MR) is 109 cm³/mol. The Balaban J connectivity index is 1.50. The summed E-state index contributed by atoms with van der Waals surface area (Å²) in [5, 5.41) is 12.3. The lowest BCUT2D eigenvalue weighted by molar-refractivity contribution is 0.0988. The average Bonchev–Trinajstić information content (AvgIpc) is 3.17. The smallest absolute Gasteiger partial charge is 0.266 e. The maximum absolute atomic E-state index is 13.9. The van der Waals surface area contributed by atoms with Crippen molar-refractivity contribution in [3.63, 3.8) is 0 Å². The highest BCUT2D eigenvalue weighted by atomic mass is 19.2. The van der Waals surface area contributed by atoms with Crippen LogP contribution in [0.4, 0.5) is 14.7 Å². The summed E-state index contributed by atoms with van der Waals surface area (Å²) in [6, 6.07) is 11.3.